The predicted octanol–water partition coefficient (Wildman–Crippen LogP) is 4.71. The molecule has 29 heavy (non-hydrogen) atoms. The minimum absolute atomic E-state index is 0.172. The number of anilines is 1. The van der Waals surface area contributed by atoms with Crippen molar-refractivity contribution in [2.75, 3.05) is 5.32 Å². The van der Waals surface area contributed by atoms with Gasteiger partial charge in [0.15, 0.2) is 9.84 Å². The Balaban J connectivity index is 1.38. The molecule has 7 heteroatoms. The Morgan fingerprint density at radius 2 is 1.72 bits per heavy atom. The molecule has 1 aliphatic rings. The van der Waals surface area contributed by atoms with Crippen LogP contribution in [0, 0.1) is 0 Å². The zero-order valence-electron chi connectivity index (χ0n) is 15.9. The normalized spacial score (nSPS) is 14.8. The number of rotatable bonds is 6. The largest absolute Gasteiger partial charge is 0.326 e. The SMILES string of the molecule is O=C(Cc1csc(-c2ccccc2)n1)Nc1ccc(S(=O)(=O)C2CCCC2)cc1. The maximum Gasteiger partial charge on any atom is 0.230 e. The summed E-state index contributed by atoms with van der Waals surface area (Å²) < 4.78 is 25.3. The number of benzene rings is 2. The molecule has 1 saturated carbocycles. The van der Waals surface area contributed by atoms with Crippen LogP contribution in [0.25, 0.3) is 10.6 Å². The fourth-order valence-electron chi connectivity index (χ4n) is 3.59. The fourth-order valence-corrected chi connectivity index (χ4v) is 6.27. The molecule has 2 aromatic carbocycles. The van der Waals surface area contributed by atoms with Crippen molar-refractivity contribution >= 4 is 32.8 Å². The van der Waals surface area contributed by atoms with Crippen molar-refractivity contribution in [3.63, 3.8) is 0 Å². The molecule has 1 heterocycles. The van der Waals surface area contributed by atoms with Crippen LogP contribution >= 0.6 is 11.3 Å². The molecular weight excluding hydrogens is 404 g/mol. The number of hydrogen-bond acceptors (Lipinski definition) is 5. The van der Waals surface area contributed by atoms with E-state index in [0.717, 1.165) is 36.3 Å². The van der Waals surface area contributed by atoms with Gasteiger partial charge in [-0.25, -0.2) is 13.4 Å². The first kappa shape index (κ1) is 19.8. The summed E-state index contributed by atoms with van der Waals surface area (Å²) in [5.74, 6) is -0.179. The molecule has 0 bridgehead atoms. The number of carbonyl (C=O) groups excluding carboxylic acids is 1. The highest BCUT2D eigenvalue weighted by Gasteiger charge is 2.30. The molecule has 0 unspecified atom stereocenters. The van der Waals surface area contributed by atoms with E-state index in [1.165, 1.54) is 11.3 Å². The van der Waals surface area contributed by atoms with E-state index in [2.05, 4.69) is 10.3 Å². The maximum atomic E-state index is 12.6. The highest BCUT2D eigenvalue weighted by molar-refractivity contribution is 7.92. The summed E-state index contributed by atoms with van der Waals surface area (Å²) in [6, 6.07) is 16.3. The number of hydrogen-bond donors (Lipinski definition) is 1. The molecule has 0 saturated heterocycles. The third kappa shape index (κ3) is 4.57. The van der Waals surface area contributed by atoms with Gasteiger partial charge in [0.1, 0.15) is 5.01 Å². The van der Waals surface area contributed by atoms with E-state index in [-0.39, 0.29) is 17.6 Å². The Kier molecular flexibility index (Phi) is 5.78. The smallest absolute Gasteiger partial charge is 0.230 e. The van der Waals surface area contributed by atoms with Gasteiger partial charge in [0, 0.05) is 16.6 Å². The Bertz CT molecular complexity index is 1080. The van der Waals surface area contributed by atoms with Gasteiger partial charge in [-0.05, 0) is 37.1 Å². The van der Waals surface area contributed by atoms with Crippen molar-refractivity contribution in [1.82, 2.24) is 4.98 Å². The number of carbonyl (C=O) groups is 1. The summed E-state index contributed by atoms with van der Waals surface area (Å²) in [5, 5.41) is 5.32. The van der Waals surface area contributed by atoms with Gasteiger partial charge >= 0.3 is 0 Å². The molecule has 1 fully saturated rings. The van der Waals surface area contributed by atoms with E-state index in [1.807, 2.05) is 35.7 Å². The van der Waals surface area contributed by atoms with Crippen LogP contribution in [0.4, 0.5) is 5.69 Å². The topological polar surface area (TPSA) is 76.1 Å². The van der Waals surface area contributed by atoms with Gasteiger partial charge in [-0.2, -0.15) is 0 Å². The Hall–Kier alpha value is -2.51. The highest BCUT2D eigenvalue weighted by atomic mass is 32.2. The number of sulfone groups is 1. The zero-order valence-corrected chi connectivity index (χ0v) is 17.5. The van der Waals surface area contributed by atoms with Gasteiger partial charge < -0.3 is 5.32 Å². The van der Waals surface area contributed by atoms with Crippen LogP contribution in [-0.2, 0) is 21.1 Å². The molecule has 0 aliphatic heterocycles. The Morgan fingerprint density at radius 1 is 1.03 bits per heavy atom. The quantitative estimate of drug-likeness (QED) is 0.619. The average molecular weight is 427 g/mol. The first-order valence-electron chi connectivity index (χ1n) is 9.66. The van der Waals surface area contributed by atoms with Crippen LogP contribution in [-0.4, -0.2) is 24.6 Å². The van der Waals surface area contributed by atoms with E-state index >= 15 is 0 Å². The molecule has 0 atom stereocenters. The van der Waals surface area contributed by atoms with Crippen molar-refractivity contribution in [2.24, 2.45) is 0 Å². The summed E-state index contributed by atoms with van der Waals surface area (Å²) in [6.07, 6.45) is 3.59. The van der Waals surface area contributed by atoms with Crippen LogP contribution < -0.4 is 5.32 Å². The second-order valence-electron chi connectivity index (χ2n) is 7.21. The zero-order chi connectivity index (χ0) is 20.3. The maximum absolute atomic E-state index is 12.6. The lowest BCUT2D eigenvalue weighted by Crippen LogP contribution is -2.18. The number of aromatic nitrogens is 1. The van der Waals surface area contributed by atoms with Gasteiger partial charge in [0.25, 0.3) is 0 Å². The first-order valence-corrected chi connectivity index (χ1v) is 12.1. The lowest BCUT2D eigenvalue weighted by Gasteiger charge is -2.12. The van der Waals surface area contributed by atoms with Gasteiger partial charge in [-0.15, -0.1) is 11.3 Å². The molecule has 1 N–H and O–H groups in total. The summed E-state index contributed by atoms with van der Waals surface area (Å²) in [5.41, 5.74) is 2.33. The molecule has 3 aromatic rings. The van der Waals surface area contributed by atoms with Gasteiger partial charge in [0.2, 0.25) is 5.91 Å². The number of thiazole rings is 1. The van der Waals surface area contributed by atoms with Crippen molar-refractivity contribution in [2.45, 2.75) is 42.2 Å². The highest BCUT2D eigenvalue weighted by Crippen LogP contribution is 2.30. The standard InChI is InChI=1S/C22H22N2O3S2/c25-21(14-18-15-28-22(24-18)16-6-2-1-3-7-16)23-17-10-12-20(13-11-17)29(26,27)19-8-4-5-9-19/h1-3,6-7,10-13,15,19H,4-5,8-9,14H2,(H,23,25). The number of nitrogens with one attached hydrogen (secondary N) is 1. The summed E-state index contributed by atoms with van der Waals surface area (Å²) in [4.78, 5) is 17.2. The van der Waals surface area contributed by atoms with Crippen molar-refractivity contribution < 1.29 is 13.2 Å². The minimum Gasteiger partial charge on any atom is -0.326 e. The van der Waals surface area contributed by atoms with E-state index in [0.29, 0.717) is 16.3 Å². The van der Waals surface area contributed by atoms with Crippen molar-refractivity contribution in [3.8, 4) is 10.6 Å². The minimum atomic E-state index is -3.28. The molecule has 1 aromatic heterocycles. The van der Waals surface area contributed by atoms with Crippen LogP contribution in [0.15, 0.2) is 64.9 Å². The van der Waals surface area contributed by atoms with Crippen LogP contribution in [0.5, 0.6) is 0 Å². The van der Waals surface area contributed by atoms with Crippen LogP contribution in [0.3, 0.4) is 0 Å². The summed E-state index contributed by atoms with van der Waals surface area (Å²) in [7, 11) is -3.28. The van der Waals surface area contributed by atoms with Crippen LogP contribution in [0.1, 0.15) is 31.4 Å². The lowest BCUT2D eigenvalue weighted by atomic mass is 10.2. The molecule has 4 rings (SSSR count). The first-order chi connectivity index (χ1) is 14.0. The van der Waals surface area contributed by atoms with Crippen LogP contribution in [0.2, 0.25) is 0 Å². The fraction of sp³-hybridized carbons (Fsp3) is 0.273. The average Bonchev–Trinajstić information content (AvgIpc) is 3.42. The monoisotopic (exact) mass is 426 g/mol. The molecule has 5 nitrogen and oxygen atoms in total. The molecule has 1 aliphatic carbocycles. The van der Waals surface area contributed by atoms with Gasteiger partial charge in [0.05, 0.1) is 22.3 Å². The van der Waals surface area contributed by atoms with E-state index in [1.54, 1.807) is 24.3 Å². The molecule has 0 radical (unpaired) electrons. The van der Waals surface area contributed by atoms with E-state index in [4.69, 9.17) is 0 Å². The van der Waals surface area contributed by atoms with E-state index in [9.17, 15) is 13.2 Å². The third-order valence-electron chi connectivity index (χ3n) is 5.12. The summed E-state index contributed by atoms with van der Waals surface area (Å²) >= 11 is 1.51. The Labute approximate surface area is 174 Å². The third-order valence-corrected chi connectivity index (χ3v) is 8.34. The molecule has 0 spiro atoms. The molecule has 150 valence electrons. The van der Waals surface area contributed by atoms with Crippen molar-refractivity contribution in [1.29, 1.82) is 0 Å². The second-order valence-corrected chi connectivity index (χ2v) is 10.3. The van der Waals surface area contributed by atoms with Gasteiger partial charge in [-0.3, -0.25) is 4.79 Å². The molecule has 1 amide bonds. The second kappa shape index (κ2) is 8.47. The summed E-state index contributed by atoms with van der Waals surface area (Å²) in [6.45, 7) is 0. The molecular formula is C22H22N2O3S2. The van der Waals surface area contributed by atoms with Gasteiger partial charge in [-0.1, -0.05) is 43.2 Å². The number of nitrogens with zero attached hydrogens (tertiary/aromatic N) is 1. The van der Waals surface area contributed by atoms with E-state index < -0.39 is 9.84 Å². The number of amides is 1. The van der Waals surface area contributed by atoms with Crippen molar-refractivity contribution in [3.05, 3.63) is 65.7 Å². The lowest BCUT2D eigenvalue weighted by molar-refractivity contribution is -0.115. The Morgan fingerprint density at radius 3 is 2.41 bits per heavy atom. The predicted molar refractivity (Wildman–Crippen MR) is 116 cm³/mol.